The van der Waals surface area contributed by atoms with Crippen molar-refractivity contribution in [2.75, 3.05) is 18.5 Å². The molecule has 1 aliphatic heterocycles. The SMILES string of the molecule is O=C(Cc1ccc(Cl)cc1)Nc1ccc2c(c1)C(=O)NCCO2. The first-order chi connectivity index (χ1) is 11.1. The van der Waals surface area contributed by atoms with Crippen LogP contribution in [0.25, 0.3) is 0 Å². The maximum atomic E-state index is 12.1. The number of rotatable bonds is 3. The van der Waals surface area contributed by atoms with Gasteiger partial charge in [-0.15, -0.1) is 0 Å². The first-order valence-corrected chi connectivity index (χ1v) is 7.59. The molecule has 0 radical (unpaired) electrons. The zero-order valence-corrected chi connectivity index (χ0v) is 13.0. The van der Waals surface area contributed by atoms with Crippen molar-refractivity contribution >= 4 is 29.1 Å². The molecule has 2 aromatic carbocycles. The van der Waals surface area contributed by atoms with Gasteiger partial charge in [-0.05, 0) is 35.9 Å². The lowest BCUT2D eigenvalue weighted by molar-refractivity contribution is -0.115. The third kappa shape index (κ3) is 3.81. The molecule has 0 aliphatic carbocycles. The highest BCUT2D eigenvalue weighted by Gasteiger charge is 2.17. The van der Waals surface area contributed by atoms with Crippen molar-refractivity contribution in [1.82, 2.24) is 5.32 Å². The Kier molecular flexibility index (Phi) is 4.48. The first kappa shape index (κ1) is 15.4. The maximum absolute atomic E-state index is 12.1. The fourth-order valence-corrected chi connectivity index (χ4v) is 2.45. The van der Waals surface area contributed by atoms with Crippen molar-refractivity contribution in [2.24, 2.45) is 0 Å². The minimum atomic E-state index is -0.202. The van der Waals surface area contributed by atoms with Gasteiger partial charge in [0.25, 0.3) is 5.91 Å². The summed E-state index contributed by atoms with van der Waals surface area (Å²) in [5.41, 5.74) is 1.85. The number of hydrogen-bond acceptors (Lipinski definition) is 3. The molecule has 5 nitrogen and oxygen atoms in total. The lowest BCUT2D eigenvalue weighted by Crippen LogP contribution is -2.24. The second-order valence-electron chi connectivity index (χ2n) is 5.17. The Morgan fingerprint density at radius 1 is 1.22 bits per heavy atom. The van der Waals surface area contributed by atoms with Gasteiger partial charge in [0, 0.05) is 10.7 Å². The van der Waals surface area contributed by atoms with Crippen LogP contribution in [0.15, 0.2) is 42.5 Å². The van der Waals surface area contributed by atoms with E-state index in [0.717, 1.165) is 5.56 Å². The molecule has 0 aromatic heterocycles. The van der Waals surface area contributed by atoms with Gasteiger partial charge < -0.3 is 15.4 Å². The number of carbonyl (C=O) groups excluding carboxylic acids is 2. The number of amides is 2. The van der Waals surface area contributed by atoms with E-state index in [9.17, 15) is 9.59 Å². The third-order valence-electron chi connectivity index (χ3n) is 3.43. The Hall–Kier alpha value is -2.53. The van der Waals surface area contributed by atoms with Crippen molar-refractivity contribution in [3.8, 4) is 5.75 Å². The fraction of sp³-hybridized carbons (Fsp3) is 0.176. The minimum absolute atomic E-state index is 0.165. The van der Waals surface area contributed by atoms with E-state index in [1.807, 2.05) is 0 Å². The molecule has 1 heterocycles. The average Bonchev–Trinajstić information content (AvgIpc) is 2.72. The highest BCUT2D eigenvalue weighted by Crippen LogP contribution is 2.24. The Bertz CT molecular complexity index is 744. The van der Waals surface area contributed by atoms with E-state index >= 15 is 0 Å². The molecule has 0 bridgehead atoms. The molecular weight excluding hydrogens is 316 g/mol. The molecule has 3 rings (SSSR count). The summed E-state index contributed by atoms with van der Waals surface area (Å²) in [6.45, 7) is 0.896. The van der Waals surface area contributed by atoms with E-state index < -0.39 is 0 Å². The van der Waals surface area contributed by atoms with Crippen LogP contribution in [0.3, 0.4) is 0 Å². The fourth-order valence-electron chi connectivity index (χ4n) is 2.32. The number of hydrogen-bond donors (Lipinski definition) is 2. The van der Waals surface area contributed by atoms with Crippen LogP contribution in [0, 0.1) is 0 Å². The number of carbonyl (C=O) groups is 2. The molecule has 0 saturated carbocycles. The van der Waals surface area contributed by atoms with Gasteiger partial charge >= 0.3 is 0 Å². The molecule has 118 valence electrons. The lowest BCUT2D eigenvalue weighted by Gasteiger charge is -2.09. The Morgan fingerprint density at radius 2 is 2.00 bits per heavy atom. The van der Waals surface area contributed by atoms with Crippen molar-refractivity contribution in [3.05, 3.63) is 58.6 Å². The summed E-state index contributed by atoms with van der Waals surface area (Å²) in [7, 11) is 0. The van der Waals surface area contributed by atoms with Gasteiger partial charge in [0.05, 0.1) is 18.5 Å². The van der Waals surface area contributed by atoms with Crippen molar-refractivity contribution in [2.45, 2.75) is 6.42 Å². The number of benzene rings is 2. The van der Waals surface area contributed by atoms with E-state index in [4.69, 9.17) is 16.3 Å². The summed E-state index contributed by atoms with van der Waals surface area (Å²) in [6.07, 6.45) is 0.233. The van der Waals surface area contributed by atoms with Crippen LogP contribution in [-0.4, -0.2) is 25.0 Å². The number of ether oxygens (including phenoxy) is 1. The van der Waals surface area contributed by atoms with Crippen LogP contribution < -0.4 is 15.4 Å². The molecule has 2 amide bonds. The third-order valence-corrected chi connectivity index (χ3v) is 3.68. The van der Waals surface area contributed by atoms with E-state index in [1.54, 1.807) is 42.5 Å². The highest BCUT2D eigenvalue weighted by molar-refractivity contribution is 6.30. The molecule has 2 aromatic rings. The Morgan fingerprint density at radius 3 is 2.78 bits per heavy atom. The highest BCUT2D eigenvalue weighted by atomic mass is 35.5. The predicted octanol–water partition coefficient (Wildman–Crippen LogP) is 2.64. The molecule has 2 N–H and O–H groups in total. The van der Waals surface area contributed by atoms with Crippen LogP contribution >= 0.6 is 11.6 Å². The topological polar surface area (TPSA) is 67.4 Å². The monoisotopic (exact) mass is 330 g/mol. The molecule has 1 aliphatic rings. The molecule has 0 unspecified atom stereocenters. The summed E-state index contributed by atoms with van der Waals surface area (Å²) >= 11 is 5.82. The predicted molar refractivity (Wildman–Crippen MR) is 88.1 cm³/mol. The van der Waals surface area contributed by atoms with Crippen molar-refractivity contribution < 1.29 is 14.3 Å². The van der Waals surface area contributed by atoms with Gasteiger partial charge in [-0.2, -0.15) is 0 Å². The standard InChI is InChI=1S/C17H15ClN2O3/c18-12-3-1-11(2-4-12)9-16(21)20-13-5-6-15-14(10-13)17(22)19-7-8-23-15/h1-6,10H,7-9H2,(H,19,22)(H,20,21). The number of fused-ring (bicyclic) bond motifs is 1. The minimum Gasteiger partial charge on any atom is -0.491 e. The first-order valence-electron chi connectivity index (χ1n) is 7.21. The molecule has 0 fully saturated rings. The average molecular weight is 331 g/mol. The molecular formula is C17H15ClN2O3. The van der Waals surface area contributed by atoms with Crippen LogP contribution in [-0.2, 0) is 11.2 Å². The van der Waals surface area contributed by atoms with Crippen LogP contribution in [0.2, 0.25) is 5.02 Å². The molecule has 0 spiro atoms. The number of halogens is 1. The van der Waals surface area contributed by atoms with Gasteiger partial charge in [-0.25, -0.2) is 0 Å². The number of anilines is 1. The van der Waals surface area contributed by atoms with Gasteiger partial charge in [-0.3, -0.25) is 9.59 Å². The summed E-state index contributed by atoms with van der Waals surface area (Å²) in [5.74, 6) is 0.157. The maximum Gasteiger partial charge on any atom is 0.255 e. The quantitative estimate of drug-likeness (QED) is 0.909. The van der Waals surface area contributed by atoms with E-state index in [-0.39, 0.29) is 18.2 Å². The van der Waals surface area contributed by atoms with Crippen LogP contribution in [0.1, 0.15) is 15.9 Å². The van der Waals surface area contributed by atoms with Crippen LogP contribution in [0.4, 0.5) is 5.69 Å². The van der Waals surface area contributed by atoms with Gasteiger partial charge in [0.1, 0.15) is 12.4 Å². The summed E-state index contributed by atoms with van der Waals surface area (Å²) in [5, 5.41) is 6.16. The molecule has 0 saturated heterocycles. The Labute approximate surface area is 138 Å². The van der Waals surface area contributed by atoms with E-state index in [1.165, 1.54) is 0 Å². The molecule has 23 heavy (non-hydrogen) atoms. The zero-order chi connectivity index (χ0) is 16.2. The Balaban J connectivity index is 1.71. The van der Waals surface area contributed by atoms with Gasteiger partial charge in [0.2, 0.25) is 5.91 Å². The van der Waals surface area contributed by atoms with Gasteiger partial charge in [-0.1, -0.05) is 23.7 Å². The number of nitrogens with one attached hydrogen (secondary N) is 2. The van der Waals surface area contributed by atoms with Crippen molar-refractivity contribution in [3.63, 3.8) is 0 Å². The smallest absolute Gasteiger partial charge is 0.255 e. The van der Waals surface area contributed by atoms with E-state index in [2.05, 4.69) is 10.6 Å². The summed E-state index contributed by atoms with van der Waals surface area (Å²) in [4.78, 5) is 24.1. The summed E-state index contributed by atoms with van der Waals surface area (Å²) in [6, 6.07) is 12.1. The van der Waals surface area contributed by atoms with Crippen molar-refractivity contribution in [1.29, 1.82) is 0 Å². The lowest BCUT2D eigenvalue weighted by atomic mass is 10.1. The molecule has 0 atom stereocenters. The molecule has 6 heteroatoms. The largest absolute Gasteiger partial charge is 0.491 e. The second kappa shape index (κ2) is 6.71. The normalized spacial score (nSPS) is 13.3. The second-order valence-corrected chi connectivity index (χ2v) is 5.60. The van der Waals surface area contributed by atoms with Gasteiger partial charge in [0.15, 0.2) is 0 Å². The van der Waals surface area contributed by atoms with E-state index in [0.29, 0.717) is 35.2 Å². The summed E-state index contributed by atoms with van der Waals surface area (Å²) < 4.78 is 5.48. The van der Waals surface area contributed by atoms with Crippen LogP contribution in [0.5, 0.6) is 5.75 Å². The zero-order valence-electron chi connectivity index (χ0n) is 12.3.